The molecule has 1 amide bonds. The Balaban J connectivity index is 0.000000217. The molecule has 1 heterocycles. The van der Waals surface area contributed by atoms with E-state index < -0.39 is 10.4 Å². The van der Waals surface area contributed by atoms with Crippen molar-refractivity contribution in [3.05, 3.63) is 0 Å². The second-order valence-electron chi connectivity index (χ2n) is 2.46. The van der Waals surface area contributed by atoms with Crippen molar-refractivity contribution in [1.29, 1.82) is 0 Å². The van der Waals surface area contributed by atoms with Crippen LogP contribution in [0.3, 0.4) is 0 Å². The molecule has 0 aromatic carbocycles. The zero-order chi connectivity index (χ0) is 9.78. The third-order valence-electron chi connectivity index (χ3n) is 1.21. The number of amides is 1. The first-order chi connectivity index (χ1) is 5.29. The standard InChI is InChI=1S/C5H9NO.H2O4S/c1-4-2-3-5(7)6-4;1-5(2,3)4/h4H,2-3H2,1H3,(H,6,7);(H2,1,2,3,4). The Kier molecular flexibility index (Phi) is 4.15. The summed E-state index contributed by atoms with van der Waals surface area (Å²) in [5.74, 6) is 0.201. The SMILES string of the molecule is CC1CCC(=O)N1.O=S(=O)(O)O. The van der Waals surface area contributed by atoms with Crippen LogP contribution in [0.2, 0.25) is 0 Å². The van der Waals surface area contributed by atoms with Crippen LogP contribution in [0, 0.1) is 0 Å². The van der Waals surface area contributed by atoms with Crippen LogP contribution in [0.25, 0.3) is 0 Å². The zero-order valence-electron chi connectivity index (χ0n) is 6.52. The lowest BCUT2D eigenvalue weighted by Crippen LogP contribution is -2.21. The Morgan fingerprint density at radius 2 is 1.92 bits per heavy atom. The second-order valence-corrected chi connectivity index (χ2v) is 3.35. The molecule has 1 atom stereocenters. The van der Waals surface area contributed by atoms with Gasteiger partial charge in [-0.15, -0.1) is 0 Å². The predicted molar refractivity (Wildman–Crippen MR) is 41.0 cm³/mol. The molecule has 1 unspecified atom stereocenters. The van der Waals surface area contributed by atoms with E-state index in [4.69, 9.17) is 17.5 Å². The third-order valence-corrected chi connectivity index (χ3v) is 1.21. The summed E-state index contributed by atoms with van der Waals surface area (Å²) in [5.41, 5.74) is 0. The number of rotatable bonds is 0. The average molecular weight is 197 g/mol. The van der Waals surface area contributed by atoms with Crippen LogP contribution < -0.4 is 5.32 Å². The molecule has 1 fully saturated rings. The monoisotopic (exact) mass is 197 g/mol. The largest absolute Gasteiger partial charge is 0.394 e. The minimum atomic E-state index is -4.67. The molecule has 7 heteroatoms. The van der Waals surface area contributed by atoms with Gasteiger partial charge in [0, 0.05) is 12.5 Å². The maximum absolute atomic E-state index is 10.3. The third kappa shape index (κ3) is 9.34. The maximum atomic E-state index is 10.3. The van der Waals surface area contributed by atoms with Gasteiger partial charge in [-0.1, -0.05) is 0 Å². The number of hydrogen-bond donors (Lipinski definition) is 3. The maximum Gasteiger partial charge on any atom is 0.394 e. The van der Waals surface area contributed by atoms with Gasteiger partial charge < -0.3 is 5.32 Å². The van der Waals surface area contributed by atoms with Gasteiger partial charge in [0.05, 0.1) is 0 Å². The van der Waals surface area contributed by atoms with E-state index in [-0.39, 0.29) is 5.91 Å². The van der Waals surface area contributed by atoms with E-state index in [1.165, 1.54) is 0 Å². The summed E-state index contributed by atoms with van der Waals surface area (Å²) in [6, 6.07) is 0.424. The zero-order valence-corrected chi connectivity index (χ0v) is 7.34. The summed E-state index contributed by atoms with van der Waals surface area (Å²) in [5, 5.41) is 2.78. The summed E-state index contributed by atoms with van der Waals surface area (Å²) in [7, 11) is -4.67. The molecule has 0 spiro atoms. The average Bonchev–Trinajstić information content (AvgIpc) is 2.09. The lowest BCUT2D eigenvalue weighted by molar-refractivity contribution is -0.119. The smallest absolute Gasteiger partial charge is 0.354 e. The van der Waals surface area contributed by atoms with E-state index in [0.717, 1.165) is 12.8 Å². The molecular formula is C5H11NO5S. The summed E-state index contributed by atoms with van der Waals surface area (Å²) < 4.78 is 31.6. The predicted octanol–water partition coefficient (Wildman–Crippen LogP) is -0.368. The molecule has 1 aliphatic heterocycles. The highest BCUT2D eigenvalue weighted by Gasteiger charge is 2.14. The molecule has 1 saturated heterocycles. The lowest BCUT2D eigenvalue weighted by Gasteiger charge is -1.95. The first-order valence-corrected chi connectivity index (χ1v) is 4.68. The fourth-order valence-corrected chi connectivity index (χ4v) is 0.767. The molecule has 6 nitrogen and oxygen atoms in total. The quantitative estimate of drug-likeness (QED) is 0.460. The van der Waals surface area contributed by atoms with Crippen LogP contribution in [0.15, 0.2) is 0 Å². The Hall–Kier alpha value is -0.660. The van der Waals surface area contributed by atoms with Crippen LogP contribution in [-0.2, 0) is 15.2 Å². The van der Waals surface area contributed by atoms with E-state index in [1.54, 1.807) is 0 Å². The highest BCUT2D eigenvalue weighted by atomic mass is 32.3. The molecule has 0 aromatic heterocycles. The van der Waals surface area contributed by atoms with Gasteiger partial charge in [0.2, 0.25) is 5.91 Å². The molecule has 0 aliphatic carbocycles. The lowest BCUT2D eigenvalue weighted by atomic mass is 10.3. The fraction of sp³-hybridized carbons (Fsp3) is 0.800. The molecule has 0 saturated carbocycles. The van der Waals surface area contributed by atoms with Crippen LogP contribution in [-0.4, -0.2) is 29.5 Å². The molecule has 0 bridgehead atoms. The first kappa shape index (κ1) is 11.3. The van der Waals surface area contributed by atoms with Gasteiger partial charge in [-0.2, -0.15) is 8.42 Å². The topological polar surface area (TPSA) is 104 Å². The number of hydrogen-bond acceptors (Lipinski definition) is 3. The summed E-state index contributed by atoms with van der Waals surface area (Å²) in [6.07, 6.45) is 1.74. The molecule has 3 N–H and O–H groups in total. The molecule has 0 aromatic rings. The van der Waals surface area contributed by atoms with Crippen molar-refractivity contribution in [3.8, 4) is 0 Å². The fourth-order valence-electron chi connectivity index (χ4n) is 0.767. The minimum absolute atomic E-state index is 0.201. The Labute approximate surface area is 70.5 Å². The highest BCUT2D eigenvalue weighted by Crippen LogP contribution is 2.03. The summed E-state index contributed by atoms with van der Waals surface area (Å²) >= 11 is 0. The Bertz CT molecular complexity index is 239. The molecule has 12 heavy (non-hydrogen) atoms. The highest BCUT2D eigenvalue weighted by molar-refractivity contribution is 7.79. The van der Waals surface area contributed by atoms with E-state index in [2.05, 4.69) is 5.32 Å². The van der Waals surface area contributed by atoms with Gasteiger partial charge in [0.1, 0.15) is 0 Å². The minimum Gasteiger partial charge on any atom is -0.354 e. The first-order valence-electron chi connectivity index (χ1n) is 3.28. The van der Waals surface area contributed by atoms with Gasteiger partial charge in [0.25, 0.3) is 0 Å². The molecule has 1 aliphatic rings. The van der Waals surface area contributed by atoms with E-state index in [1.807, 2.05) is 6.92 Å². The van der Waals surface area contributed by atoms with E-state index in [9.17, 15) is 4.79 Å². The van der Waals surface area contributed by atoms with Gasteiger partial charge in [-0.3, -0.25) is 13.9 Å². The van der Waals surface area contributed by atoms with Crippen molar-refractivity contribution in [3.63, 3.8) is 0 Å². The summed E-state index contributed by atoms with van der Waals surface area (Å²) in [6.45, 7) is 2.02. The van der Waals surface area contributed by atoms with Crippen molar-refractivity contribution in [2.75, 3.05) is 0 Å². The van der Waals surface area contributed by atoms with Crippen molar-refractivity contribution < 1.29 is 22.3 Å². The number of nitrogens with one attached hydrogen (secondary N) is 1. The van der Waals surface area contributed by atoms with Crippen LogP contribution in [0.1, 0.15) is 19.8 Å². The Morgan fingerprint density at radius 3 is 2.00 bits per heavy atom. The molecule has 1 rings (SSSR count). The van der Waals surface area contributed by atoms with Gasteiger partial charge in [-0.25, -0.2) is 0 Å². The van der Waals surface area contributed by atoms with Crippen LogP contribution in [0.4, 0.5) is 0 Å². The van der Waals surface area contributed by atoms with Crippen LogP contribution in [0.5, 0.6) is 0 Å². The van der Waals surface area contributed by atoms with Crippen molar-refractivity contribution in [2.24, 2.45) is 0 Å². The Morgan fingerprint density at radius 1 is 1.50 bits per heavy atom. The molecular weight excluding hydrogens is 186 g/mol. The summed E-state index contributed by atoms with van der Waals surface area (Å²) in [4.78, 5) is 10.3. The van der Waals surface area contributed by atoms with E-state index >= 15 is 0 Å². The van der Waals surface area contributed by atoms with Crippen molar-refractivity contribution >= 4 is 16.3 Å². The molecule has 0 radical (unpaired) electrons. The second kappa shape index (κ2) is 4.39. The normalized spacial score (nSPS) is 22.6. The van der Waals surface area contributed by atoms with Gasteiger partial charge >= 0.3 is 10.4 Å². The number of carbonyl (C=O) groups is 1. The van der Waals surface area contributed by atoms with Crippen molar-refractivity contribution in [2.45, 2.75) is 25.8 Å². The van der Waals surface area contributed by atoms with Gasteiger partial charge in [-0.05, 0) is 13.3 Å². The van der Waals surface area contributed by atoms with E-state index in [0.29, 0.717) is 6.04 Å². The van der Waals surface area contributed by atoms with Crippen molar-refractivity contribution in [1.82, 2.24) is 5.32 Å². The number of carbonyl (C=O) groups excluding carboxylic acids is 1. The molecule has 72 valence electrons. The van der Waals surface area contributed by atoms with Crippen LogP contribution >= 0.6 is 0 Å². The van der Waals surface area contributed by atoms with Gasteiger partial charge in [0.15, 0.2) is 0 Å².